The van der Waals surface area contributed by atoms with Crippen LogP contribution in [0, 0.1) is 0 Å². The Morgan fingerprint density at radius 3 is 3.00 bits per heavy atom. The van der Waals surface area contributed by atoms with Crippen LogP contribution >= 0.6 is 0 Å². The molecule has 1 aromatic rings. The molecule has 20 heavy (non-hydrogen) atoms. The highest BCUT2D eigenvalue weighted by Gasteiger charge is 2.25. The molecule has 0 spiro atoms. The van der Waals surface area contributed by atoms with Crippen LogP contribution in [-0.2, 0) is 4.79 Å². The molecule has 1 fully saturated rings. The quantitative estimate of drug-likeness (QED) is 0.328. The van der Waals surface area contributed by atoms with Gasteiger partial charge in [0, 0.05) is 11.5 Å². The third-order valence-corrected chi connectivity index (χ3v) is 3.42. The van der Waals surface area contributed by atoms with Gasteiger partial charge in [0.05, 0.1) is 0 Å². The Labute approximate surface area is 118 Å². The Balaban J connectivity index is 1.98. The fourth-order valence-electron chi connectivity index (χ4n) is 2.23. The summed E-state index contributed by atoms with van der Waals surface area (Å²) < 4.78 is 0. The van der Waals surface area contributed by atoms with Gasteiger partial charge >= 0.3 is 0 Å². The van der Waals surface area contributed by atoms with E-state index in [0.29, 0.717) is 25.4 Å². The Kier molecular flexibility index (Phi) is 4.98. The molecule has 2 rings (SSSR count). The first kappa shape index (κ1) is 14.4. The zero-order chi connectivity index (χ0) is 14.4. The van der Waals surface area contributed by atoms with Crippen LogP contribution in [0.15, 0.2) is 29.4 Å². The smallest absolute Gasteiger partial charge is 0.239 e. The number of nitrogens with one attached hydrogen (secondary N) is 1. The number of azide groups is 1. The Bertz CT molecular complexity index is 520. The van der Waals surface area contributed by atoms with Crippen LogP contribution in [0.25, 0.3) is 10.4 Å². The highest BCUT2D eigenvalue weighted by atomic mass is 16.1. The summed E-state index contributed by atoms with van der Waals surface area (Å²) in [4.78, 5) is 14.3. The van der Waals surface area contributed by atoms with E-state index in [2.05, 4.69) is 27.5 Å². The number of nitrogens with two attached hydrogens (primary N) is 1. The van der Waals surface area contributed by atoms with Crippen molar-refractivity contribution < 1.29 is 4.79 Å². The standard InChI is InChI=1S/C14H19N5O/c15-14(20)13(17-7-2-8-18-19-16)12-4-1-3-11(9-12)10-5-6-10/h1,3-4,9-10,13,17H,2,5-8H2,(H2,15,20). The van der Waals surface area contributed by atoms with Gasteiger partial charge in [-0.1, -0.05) is 29.4 Å². The number of carbonyl (C=O) groups excluding carboxylic acids is 1. The molecule has 1 aliphatic rings. The molecule has 0 saturated heterocycles. The average molecular weight is 273 g/mol. The van der Waals surface area contributed by atoms with Gasteiger partial charge in [-0.2, -0.15) is 0 Å². The van der Waals surface area contributed by atoms with E-state index in [-0.39, 0.29) is 5.91 Å². The van der Waals surface area contributed by atoms with Crippen molar-refractivity contribution in [3.8, 4) is 0 Å². The van der Waals surface area contributed by atoms with Gasteiger partial charge in [0.1, 0.15) is 6.04 Å². The highest BCUT2D eigenvalue weighted by molar-refractivity contribution is 5.81. The number of hydrogen-bond acceptors (Lipinski definition) is 3. The van der Waals surface area contributed by atoms with Crippen molar-refractivity contribution in [1.29, 1.82) is 0 Å². The lowest BCUT2D eigenvalue weighted by Gasteiger charge is -2.16. The number of benzene rings is 1. The van der Waals surface area contributed by atoms with Gasteiger partial charge < -0.3 is 11.1 Å². The van der Waals surface area contributed by atoms with E-state index in [1.54, 1.807) is 0 Å². The van der Waals surface area contributed by atoms with Crippen LogP contribution in [0.3, 0.4) is 0 Å². The van der Waals surface area contributed by atoms with Crippen LogP contribution in [-0.4, -0.2) is 19.0 Å². The van der Waals surface area contributed by atoms with Gasteiger partial charge in [0.15, 0.2) is 0 Å². The molecule has 0 heterocycles. The van der Waals surface area contributed by atoms with E-state index >= 15 is 0 Å². The van der Waals surface area contributed by atoms with Crippen molar-refractivity contribution in [1.82, 2.24) is 5.32 Å². The van der Waals surface area contributed by atoms with Crippen LogP contribution in [0.2, 0.25) is 0 Å². The first-order valence-corrected chi connectivity index (χ1v) is 6.86. The van der Waals surface area contributed by atoms with E-state index in [1.807, 2.05) is 12.1 Å². The first-order valence-electron chi connectivity index (χ1n) is 6.86. The highest BCUT2D eigenvalue weighted by Crippen LogP contribution is 2.40. The maximum absolute atomic E-state index is 11.6. The summed E-state index contributed by atoms with van der Waals surface area (Å²) in [6, 6.07) is 7.57. The minimum absolute atomic E-state index is 0.387. The van der Waals surface area contributed by atoms with E-state index in [4.69, 9.17) is 11.3 Å². The van der Waals surface area contributed by atoms with E-state index < -0.39 is 6.04 Å². The van der Waals surface area contributed by atoms with Crippen molar-refractivity contribution >= 4 is 5.91 Å². The summed E-state index contributed by atoms with van der Waals surface area (Å²) >= 11 is 0. The molecule has 0 bridgehead atoms. The van der Waals surface area contributed by atoms with Crippen LogP contribution < -0.4 is 11.1 Å². The number of nitrogens with zero attached hydrogens (tertiary/aromatic N) is 3. The molecule has 6 heteroatoms. The SMILES string of the molecule is [N-]=[N+]=NCCCNC(C(N)=O)c1cccc(C2CC2)c1. The van der Waals surface area contributed by atoms with Gasteiger partial charge in [-0.25, -0.2) is 0 Å². The number of carbonyl (C=O) groups is 1. The third-order valence-electron chi connectivity index (χ3n) is 3.42. The van der Waals surface area contributed by atoms with Crippen molar-refractivity contribution in [2.24, 2.45) is 10.8 Å². The second-order valence-electron chi connectivity index (χ2n) is 5.04. The van der Waals surface area contributed by atoms with Gasteiger partial charge in [0.2, 0.25) is 5.91 Å². The summed E-state index contributed by atoms with van der Waals surface area (Å²) in [6.45, 7) is 0.997. The largest absolute Gasteiger partial charge is 0.368 e. The lowest BCUT2D eigenvalue weighted by Crippen LogP contribution is -2.34. The van der Waals surface area contributed by atoms with Gasteiger partial charge in [0.25, 0.3) is 0 Å². The van der Waals surface area contributed by atoms with E-state index in [0.717, 1.165) is 5.56 Å². The van der Waals surface area contributed by atoms with E-state index in [1.165, 1.54) is 18.4 Å². The lowest BCUT2D eigenvalue weighted by atomic mass is 10.0. The van der Waals surface area contributed by atoms with Crippen LogP contribution in [0.4, 0.5) is 0 Å². The molecule has 106 valence electrons. The van der Waals surface area contributed by atoms with Crippen molar-refractivity contribution in [2.45, 2.75) is 31.2 Å². The zero-order valence-electron chi connectivity index (χ0n) is 11.3. The molecule has 0 aromatic heterocycles. The number of primary amides is 1. The molecule has 3 N–H and O–H groups in total. The van der Waals surface area contributed by atoms with Crippen LogP contribution in [0.5, 0.6) is 0 Å². The topological polar surface area (TPSA) is 104 Å². The zero-order valence-corrected chi connectivity index (χ0v) is 11.3. The summed E-state index contributed by atoms with van der Waals surface area (Å²) in [6.07, 6.45) is 3.13. The molecule has 1 amide bonds. The minimum atomic E-state index is -0.486. The molecule has 0 radical (unpaired) electrons. The summed E-state index contributed by atoms with van der Waals surface area (Å²) in [5.74, 6) is 0.259. The molecule has 1 aromatic carbocycles. The maximum Gasteiger partial charge on any atom is 0.239 e. The van der Waals surface area contributed by atoms with Crippen molar-refractivity contribution in [3.63, 3.8) is 0 Å². The molecule has 1 aliphatic carbocycles. The Morgan fingerprint density at radius 1 is 1.55 bits per heavy atom. The second-order valence-corrected chi connectivity index (χ2v) is 5.04. The molecule has 0 aliphatic heterocycles. The van der Waals surface area contributed by atoms with Gasteiger partial charge in [-0.3, -0.25) is 4.79 Å². The van der Waals surface area contributed by atoms with Crippen molar-refractivity contribution in [3.05, 3.63) is 45.8 Å². The average Bonchev–Trinajstić information content (AvgIpc) is 3.27. The van der Waals surface area contributed by atoms with Gasteiger partial charge in [-0.15, -0.1) is 0 Å². The molecule has 1 atom stereocenters. The molecule has 1 unspecified atom stereocenters. The van der Waals surface area contributed by atoms with E-state index in [9.17, 15) is 4.79 Å². The summed E-state index contributed by atoms with van der Waals surface area (Å²) in [7, 11) is 0. The first-order chi connectivity index (χ1) is 9.72. The molecule has 6 nitrogen and oxygen atoms in total. The normalized spacial score (nSPS) is 15.4. The van der Waals surface area contributed by atoms with Crippen LogP contribution in [0.1, 0.15) is 42.3 Å². The molecular formula is C14H19N5O. The molecular weight excluding hydrogens is 254 g/mol. The number of amides is 1. The fraction of sp³-hybridized carbons (Fsp3) is 0.500. The fourth-order valence-corrected chi connectivity index (χ4v) is 2.23. The minimum Gasteiger partial charge on any atom is -0.368 e. The maximum atomic E-state index is 11.6. The van der Waals surface area contributed by atoms with Crippen molar-refractivity contribution in [2.75, 3.05) is 13.1 Å². The monoisotopic (exact) mass is 273 g/mol. The summed E-state index contributed by atoms with van der Waals surface area (Å²) in [5, 5.41) is 6.58. The Hall–Kier alpha value is -2.04. The Morgan fingerprint density at radius 2 is 2.35 bits per heavy atom. The second kappa shape index (κ2) is 6.93. The number of rotatable bonds is 8. The predicted molar refractivity (Wildman–Crippen MR) is 77.0 cm³/mol. The lowest BCUT2D eigenvalue weighted by molar-refractivity contribution is -0.120. The third kappa shape index (κ3) is 3.98. The molecule has 1 saturated carbocycles. The predicted octanol–water partition coefficient (Wildman–Crippen LogP) is 2.38. The summed E-state index contributed by atoms with van der Waals surface area (Å²) in [5.41, 5.74) is 15.9. The van der Waals surface area contributed by atoms with Gasteiger partial charge in [-0.05, 0) is 48.4 Å². The number of hydrogen-bond donors (Lipinski definition) is 2.